The van der Waals surface area contributed by atoms with Crippen LogP contribution < -0.4 is 4.74 Å². The monoisotopic (exact) mass is 374 g/mol. The molecule has 2 nitrogen and oxygen atoms in total. The van der Waals surface area contributed by atoms with Gasteiger partial charge in [-0.2, -0.15) is 0 Å². The highest BCUT2D eigenvalue weighted by Gasteiger charge is 2.09. The first kappa shape index (κ1) is 15.6. The molecule has 0 radical (unpaired) electrons. The van der Waals surface area contributed by atoms with Gasteiger partial charge in [-0.25, -0.2) is 0 Å². The predicted molar refractivity (Wildman–Crippen MR) is 85.6 cm³/mol. The molecule has 2 aromatic carbocycles. The van der Waals surface area contributed by atoms with Crippen LogP contribution in [0.5, 0.6) is 5.75 Å². The molecule has 0 aliphatic rings. The number of ether oxygens (including phenoxy) is 1. The molecule has 2 aromatic rings. The summed E-state index contributed by atoms with van der Waals surface area (Å²) in [5.74, 6) is 0.696. The Morgan fingerprint density at radius 2 is 1.90 bits per heavy atom. The average molecular weight is 376 g/mol. The Bertz CT molecular complexity index is 630. The molecule has 2 rings (SSSR count). The number of hydrogen-bond acceptors (Lipinski definition) is 2. The van der Waals surface area contributed by atoms with Crippen molar-refractivity contribution in [3.63, 3.8) is 0 Å². The number of halogens is 3. The van der Waals surface area contributed by atoms with E-state index in [0.717, 1.165) is 21.2 Å². The summed E-state index contributed by atoms with van der Waals surface area (Å²) in [5, 5.41) is 10.4. The van der Waals surface area contributed by atoms with E-state index in [9.17, 15) is 5.11 Å². The maximum Gasteiger partial charge on any atom is 0.128 e. The van der Waals surface area contributed by atoms with Gasteiger partial charge < -0.3 is 9.84 Å². The van der Waals surface area contributed by atoms with E-state index in [1.54, 1.807) is 12.1 Å². The average Bonchev–Trinajstić information content (AvgIpc) is 2.40. The second kappa shape index (κ2) is 6.81. The standard InChI is InChI=1S/C15H13BrCl2O2/c1-9-4-12(16)6-11(7-19)15(9)20-8-10-2-3-13(17)14(18)5-10/h2-6,19H,7-8H2,1H3. The van der Waals surface area contributed by atoms with E-state index in [0.29, 0.717) is 22.4 Å². The smallest absolute Gasteiger partial charge is 0.128 e. The van der Waals surface area contributed by atoms with Gasteiger partial charge in [-0.1, -0.05) is 45.2 Å². The quantitative estimate of drug-likeness (QED) is 0.801. The Balaban J connectivity index is 2.20. The van der Waals surface area contributed by atoms with E-state index in [2.05, 4.69) is 15.9 Å². The van der Waals surface area contributed by atoms with Crippen molar-refractivity contribution < 1.29 is 9.84 Å². The molecule has 5 heteroatoms. The van der Waals surface area contributed by atoms with Crippen LogP contribution >= 0.6 is 39.1 Å². The highest BCUT2D eigenvalue weighted by molar-refractivity contribution is 9.10. The molecule has 0 atom stereocenters. The minimum atomic E-state index is -0.0724. The van der Waals surface area contributed by atoms with Crippen molar-refractivity contribution in [2.75, 3.05) is 0 Å². The molecule has 0 heterocycles. The van der Waals surface area contributed by atoms with Crippen LogP contribution in [0.15, 0.2) is 34.8 Å². The van der Waals surface area contributed by atoms with E-state index in [1.807, 2.05) is 25.1 Å². The van der Waals surface area contributed by atoms with Crippen molar-refractivity contribution in [3.8, 4) is 5.75 Å². The fourth-order valence-corrected chi connectivity index (χ4v) is 2.85. The molecular formula is C15H13BrCl2O2. The zero-order chi connectivity index (χ0) is 14.7. The van der Waals surface area contributed by atoms with E-state index in [1.165, 1.54) is 0 Å². The summed E-state index contributed by atoms with van der Waals surface area (Å²) < 4.78 is 6.73. The van der Waals surface area contributed by atoms with E-state index < -0.39 is 0 Å². The third-order valence-electron chi connectivity index (χ3n) is 2.85. The van der Waals surface area contributed by atoms with Gasteiger partial charge in [0.1, 0.15) is 12.4 Å². The van der Waals surface area contributed by atoms with Gasteiger partial charge in [-0.15, -0.1) is 0 Å². The van der Waals surface area contributed by atoms with E-state index in [-0.39, 0.29) is 6.61 Å². The normalized spacial score (nSPS) is 10.7. The lowest BCUT2D eigenvalue weighted by Gasteiger charge is -2.14. The van der Waals surface area contributed by atoms with E-state index in [4.69, 9.17) is 27.9 Å². The first-order valence-electron chi connectivity index (χ1n) is 5.98. The van der Waals surface area contributed by atoms with E-state index >= 15 is 0 Å². The molecule has 0 amide bonds. The molecule has 0 aromatic heterocycles. The highest BCUT2D eigenvalue weighted by Crippen LogP contribution is 2.29. The summed E-state index contributed by atoms with van der Waals surface area (Å²) in [6, 6.07) is 9.17. The lowest BCUT2D eigenvalue weighted by Crippen LogP contribution is -2.01. The molecule has 0 saturated heterocycles. The topological polar surface area (TPSA) is 29.5 Å². The summed E-state index contributed by atoms with van der Waals surface area (Å²) >= 11 is 15.3. The van der Waals surface area contributed by atoms with Crippen molar-refractivity contribution in [2.24, 2.45) is 0 Å². The zero-order valence-corrected chi connectivity index (χ0v) is 13.9. The second-order valence-corrected chi connectivity index (χ2v) is 6.14. The van der Waals surface area contributed by atoms with Gasteiger partial charge in [-0.3, -0.25) is 0 Å². The lowest BCUT2D eigenvalue weighted by molar-refractivity contribution is 0.258. The summed E-state index contributed by atoms with van der Waals surface area (Å²) in [6.07, 6.45) is 0. The second-order valence-electron chi connectivity index (χ2n) is 4.41. The molecule has 0 spiro atoms. The van der Waals surface area contributed by atoms with Crippen molar-refractivity contribution >= 4 is 39.1 Å². The van der Waals surface area contributed by atoms with Crippen molar-refractivity contribution in [1.82, 2.24) is 0 Å². The van der Waals surface area contributed by atoms with Gasteiger partial charge in [0.05, 0.1) is 16.7 Å². The van der Waals surface area contributed by atoms with Crippen molar-refractivity contribution in [3.05, 3.63) is 61.5 Å². The number of aliphatic hydroxyl groups is 1. The maximum atomic E-state index is 9.41. The Hall–Kier alpha value is -0.740. The third-order valence-corrected chi connectivity index (χ3v) is 4.05. The summed E-state index contributed by atoms with van der Waals surface area (Å²) in [6.45, 7) is 2.23. The third kappa shape index (κ3) is 3.67. The highest BCUT2D eigenvalue weighted by atomic mass is 79.9. The Morgan fingerprint density at radius 3 is 2.55 bits per heavy atom. The van der Waals surface area contributed by atoms with Gasteiger partial charge in [-0.05, 0) is 42.3 Å². The summed E-state index contributed by atoms with van der Waals surface area (Å²) in [5.41, 5.74) is 2.63. The van der Waals surface area contributed by atoms with Crippen LogP contribution in [0, 0.1) is 6.92 Å². The van der Waals surface area contributed by atoms with Crippen LogP contribution in [0.1, 0.15) is 16.7 Å². The first-order chi connectivity index (χ1) is 9.51. The molecule has 1 N–H and O–H groups in total. The number of benzene rings is 2. The molecule has 0 fully saturated rings. The summed E-state index contributed by atoms with van der Waals surface area (Å²) in [4.78, 5) is 0. The van der Waals surface area contributed by atoms with Gasteiger partial charge in [0.2, 0.25) is 0 Å². The maximum absolute atomic E-state index is 9.41. The Labute approximate surface area is 136 Å². The summed E-state index contributed by atoms with van der Waals surface area (Å²) in [7, 11) is 0. The molecular weight excluding hydrogens is 363 g/mol. The van der Waals surface area contributed by atoms with Gasteiger partial charge in [0.25, 0.3) is 0 Å². The molecule has 0 saturated carbocycles. The van der Waals surface area contributed by atoms with Gasteiger partial charge in [0, 0.05) is 10.0 Å². The van der Waals surface area contributed by atoms with Crippen LogP contribution in [0.4, 0.5) is 0 Å². The van der Waals surface area contributed by atoms with Gasteiger partial charge >= 0.3 is 0 Å². The minimum absolute atomic E-state index is 0.0724. The number of aryl methyl sites for hydroxylation is 1. The zero-order valence-electron chi connectivity index (χ0n) is 10.8. The van der Waals surface area contributed by atoms with Crippen LogP contribution in [0.2, 0.25) is 10.0 Å². The van der Waals surface area contributed by atoms with Crippen molar-refractivity contribution in [1.29, 1.82) is 0 Å². The van der Waals surface area contributed by atoms with Crippen LogP contribution in [-0.4, -0.2) is 5.11 Å². The molecule has 0 aliphatic carbocycles. The molecule has 20 heavy (non-hydrogen) atoms. The lowest BCUT2D eigenvalue weighted by atomic mass is 10.1. The number of hydrogen-bond donors (Lipinski definition) is 1. The van der Waals surface area contributed by atoms with Crippen LogP contribution in [0.25, 0.3) is 0 Å². The van der Waals surface area contributed by atoms with Crippen LogP contribution in [-0.2, 0) is 13.2 Å². The Kier molecular flexibility index (Phi) is 5.33. The molecule has 106 valence electrons. The minimum Gasteiger partial charge on any atom is -0.488 e. The fourth-order valence-electron chi connectivity index (χ4n) is 1.91. The van der Waals surface area contributed by atoms with Crippen molar-refractivity contribution in [2.45, 2.75) is 20.1 Å². The number of aliphatic hydroxyl groups excluding tert-OH is 1. The van der Waals surface area contributed by atoms with Gasteiger partial charge in [0.15, 0.2) is 0 Å². The largest absolute Gasteiger partial charge is 0.488 e. The fraction of sp³-hybridized carbons (Fsp3) is 0.200. The first-order valence-corrected chi connectivity index (χ1v) is 7.52. The molecule has 0 bridgehead atoms. The SMILES string of the molecule is Cc1cc(Br)cc(CO)c1OCc1ccc(Cl)c(Cl)c1. The number of rotatable bonds is 4. The predicted octanol–water partition coefficient (Wildman–Crippen LogP) is 5.14. The Morgan fingerprint density at radius 1 is 1.15 bits per heavy atom. The molecule has 0 aliphatic heterocycles. The van der Waals surface area contributed by atoms with Crippen LogP contribution in [0.3, 0.4) is 0 Å². The molecule has 0 unspecified atom stereocenters.